The predicted octanol–water partition coefficient (Wildman–Crippen LogP) is -0.813. The van der Waals surface area contributed by atoms with E-state index in [1.54, 1.807) is 7.11 Å². The number of ether oxygens (including phenoxy) is 1. The quantitative estimate of drug-likeness (QED) is 0.647. The minimum atomic E-state index is 0.0269. The molecule has 0 bridgehead atoms. The van der Waals surface area contributed by atoms with E-state index in [4.69, 9.17) is 4.74 Å². The standard InChI is InChI=1S/C11H21N3O2/c1-16-8-10(15)14-7-6-13-9-11(14)2-4-12-5-3-11/h12-13H,2-9H2,1H3. The van der Waals surface area contributed by atoms with E-state index in [0.29, 0.717) is 0 Å². The third kappa shape index (κ3) is 2.21. The second-order valence-corrected chi connectivity index (χ2v) is 4.63. The molecule has 2 heterocycles. The average Bonchev–Trinajstić information content (AvgIpc) is 2.31. The molecule has 2 aliphatic heterocycles. The molecule has 5 heteroatoms. The first-order valence-corrected chi connectivity index (χ1v) is 5.99. The lowest BCUT2D eigenvalue weighted by Gasteiger charge is -2.49. The van der Waals surface area contributed by atoms with Crippen molar-refractivity contribution in [3.63, 3.8) is 0 Å². The number of carbonyl (C=O) groups is 1. The molecule has 0 aliphatic carbocycles. The molecule has 1 amide bonds. The number of rotatable bonds is 2. The van der Waals surface area contributed by atoms with Crippen LogP contribution in [0.5, 0.6) is 0 Å². The number of carbonyl (C=O) groups excluding carboxylic acids is 1. The van der Waals surface area contributed by atoms with Crippen molar-refractivity contribution in [2.24, 2.45) is 0 Å². The van der Waals surface area contributed by atoms with Crippen molar-refractivity contribution in [1.29, 1.82) is 0 Å². The number of piperidine rings is 1. The van der Waals surface area contributed by atoms with Crippen LogP contribution in [0.25, 0.3) is 0 Å². The fourth-order valence-corrected chi connectivity index (χ4v) is 2.77. The molecule has 2 fully saturated rings. The van der Waals surface area contributed by atoms with Gasteiger partial charge in [-0.1, -0.05) is 0 Å². The summed E-state index contributed by atoms with van der Waals surface area (Å²) >= 11 is 0. The maximum Gasteiger partial charge on any atom is 0.249 e. The fraction of sp³-hybridized carbons (Fsp3) is 0.909. The van der Waals surface area contributed by atoms with E-state index in [1.807, 2.05) is 4.90 Å². The first-order chi connectivity index (χ1) is 7.78. The maximum atomic E-state index is 12.0. The zero-order valence-electron chi connectivity index (χ0n) is 9.92. The molecule has 0 atom stereocenters. The Labute approximate surface area is 96.5 Å². The summed E-state index contributed by atoms with van der Waals surface area (Å²) in [5.41, 5.74) is 0.0269. The summed E-state index contributed by atoms with van der Waals surface area (Å²) in [5, 5.41) is 6.76. The van der Waals surface area contributed by atoms with Crippen LogP contribution in [0.4, 0.5) is 0 Å². The summed E-state index contributed by atoms with van der Waals surface area (Å²) in [7, 11) is 1.58. The van der Waals surface area contributed by atoms with Crippen LogP contribution in [0.2, 0.25) is 0 Å². The number of nitrogens with one attached hydrogen (secondary N) is 2. The highest BCUT2D eigenvalue weighted by atomic mass is 16.5. The molecule has 2 aliphatic rings. The van der Waals surface area contributed by atoms with Gasteiger partial charge < -0.3 is 20.3 Å². The van der Waals surface area contributed by atoms with Gasteiger partial charge in [-0.2, -0.15) is 0 Å². The molecule has 0 aromatic heterocycles. The van der Waals surface area contributed by atoms with E-state index in [1.165, 1.54) is 0 Å². The molecule has 16 heavy (non-hydrogen) atoms. The van der Waals surface area contributed by atoms with Gasteiger partial charge in [-0.15, -0.1) is 0 Å². The second kappa shape index (κ2) is 5.12. The van der Waals surface area contributed by atoms with Crippen LogP contribution in [0, 0.1) is 0 Å². The van der Waals surface area contributed by atoms with Crippen molar-refractivity contribution in [1.82, 2.24) is 15.5 Å². The van der Waals surface area contributed by atoms with E-state index in [2.05, 4.69) is 10.6 Å². The highest BCUT2D eigenvalue weighted by molar-refractivity contribution is 5.78. The third-order valence-electron chi connectivity index (χ3n) is 3.64. The second-order valence-electron chi connectivity index (χ2n) is 4.63. The molecule has 2 rings (SSSR count). The molecule has 1 spiro atoms. The number of methoxy groups -OCH3 is 1. The van der Waals surface area contributed by atoms with Gasteiger partial charge in [-0.05, 0) is 25.9 Å². The fourth-order valence-electron chi connectivity index (χ4n) is 2.77. The van der Waals surface area contributed by atoms with Gasteiger partial charge in [0.1, 0.15) is 6.61 Å². The van der Waals surface area contributed by atoms with Crippen molar-refractivity contribution in [3.8, 4) is 0 Å². The Morgan fingerprint density at radius 3 is 2.75 bits per heavy atom. The Kier molecular flexibility index (Phi) is 3.78. The molecular weight excluding hydrogens is 206 g/mol. The molecular formula is C11H21N3O2. The van der Waals surface area contributed by atoms with Gasteiger partial charge in [0.15, 0.2) is 0 Å². The Morgan fingerprint density at radius 1 is 1.31 bits per heavy atom. The lowest BCUT2D eigenvalue weighted by atomic mass is 9.84. The summed E-state index contributed by atoms with van der Waals surface area (Å²) < 4.78 is 4.96. The summed E-state index contributed by atoms with van der Waals surface area (Å²) in [4.78, 5) is 14.1. The number of hydrogen-bond donors (Lipinski definition) is 2. The van der Waals surface area contributed by atoms with Gasteiger partial charge in [-0.3, -0.25) is 4.79 Å². The molecule has 0 unspecified atom stereocenters. The normalized spacial score (nSPS) is 24.7. The van der Waals surface area contributed by atoms with Gasteiger partial charge in [0.05, 0.1) is 5.54 Å². The van der Waals surface area contributed by atoms with Crippen LogP contribution in [-0.2, 0) is 9.53 Å². The minimum absolute atomic E-state index is 0.0269. The molecule has 92 valence electrons. The number of nitrogens with zero attached hydrogens (tertiary/aromatic N) is 1. The van der Waals surface area contributed by atoms with Crippen molar-refractivity contribution in [2.75, 3.05) is 46.4 Å². The first-order valence-electron chi connectivity index (χ1n) is 5.99. The monoisotopic (exact) mass is 227 g/mol. The van der Waals surface area contributed by atoms with Crippen LogP contribution >= 0.6 is 0 Å². The lowest BCUT2D eigenvalue weighted by molar-refractivity contribution is -0.144. The molecule has 2 saturated heterocycles. The van der Waals surface area contributed by atoms with Gasteiger partial charge in [0.2, 0.25) is 5.91 Å². The topological polar surface area (TPSA) is 53.6 Å². The van der Waals surface area contributed by atoms with Gasteiger partial charge in [-0.25, -0.2) is 0 Å². The minimum Gasteiger partial charge on any atom is -0.375 e. The van der Waals surface area contributed by atoms with Crippen molar-refractivity contribution < 1.29 is 9.53 Å². The molecule has 5 nitrogen and oxygen atoms in total. The van der Waals surface area contributed by atoms with Crippen molar-refractivity contribution in [2.45, 2.75) is 18.4 Å². The molecule has 0 aromatic carbocycles. The molecule has 0 aromatic rings. The highest BCUT2D eigenvalue weighted by Gasteiger charge is 2.41. The van der Waals surface area contributed by atoms with E-state index in [0.717, 1.165) is 45.6 Å². The van der Waals surface area contributed by atoms with Crippen LogP contribution < -0.4 is 10.6 Å². The highest BCUT2D eigenvalue weighted by Crippen LogP contribution is 2.27. The number of hydrogen-bond acceptors (Lipinski definition) is 4. The van der Waals surface area contributed by atoms with E-state index < -0.39 is 0 Å². The van der Waals surface area contributed by atoms with Crippen LogP contribution in [0.15, 0.2) is 0 Å². The SMILES string of the molecule is COCC(=O)N1CCNCC12CCNCC2. The smallest absolute Gasteiger partial charge is 0.249 e. The summed E-state index contributed by atoms with van der Waals surface area (Å²) in [6.45, 7) is 4.82. The largest absolute Gasteiger partial charge is 0.375 e. The van der Waals surface area contributed by atoms with Crippen molar-refractivity contribution >= 4 is 5.91 Å². The van der Waals surface area contributed by atoms with E-state index >= 15 is 0 Å². The summed E-state index contributed by atoms with van der Waals surface area (Å²) in [6.07, 6.45) is 2.07. The summed E-state index contributed by atoms with van der Waals surface area (Å²) in [6, 6.07) is 0. The summed E-state index contributed by atoms with van der Waals surface area (Å²) in [5.74, 6) is 0.130. The van der Waals surface area contributed by atoms with Crippen LogP contribution in [0.1, 0.15) is 12.8 Å². The van der Waals surface area contributed by atoms with Gasteiger partial charge >= 0.3 is 0 Å². The average molecular weight is 227 g/mol. The van der Waals surface area contributed by atoms with Crippen LogP contribution in [-0.4, -0.2) is 62.8 Å². The predicted molar refractivity (Wildman–Crippen MR) is 61.3 cm³/mol. The Hall–Kier alpha value is -0.650. The van der Waals surface area contributed by atoms with Gasteiger partial charge in [0, 0.05) is 26.7 Å². The number of amides is 1. The lowest BCUT2D eigenvalue weighted by Crippen LogP contribution is -2.66. The van der Waals surface area contributed by atoms with Crippen molar-refractivity contribution in [3.05, 3.63) is 0 Å². The van der Waals surface area contributed by atoms with E-state index in [9.17, 15) is 4.79 Å². The van der Waals surface area contributed by atoms with Gasteiger partial charge in [0.25, 0.3) is 0 Å². The van der Waals surface area contributed by atoms with Crippen LogP contribution in [0.3, 0.4) is 0 Å². The maximum absolute atomic E-state index is 12.0. The Bertz CT molecular complexity index is 243. The first kappa shape index (κ1) is 11.8. The third-order valence-corrected chi connectivity index (χ3v) is 3.64. The molecule has 0 saturated carbocycles. The Balaban J connectivity index is 2.09. The molecule has 2 N–H and O–H groups in total. The Morgan fingerprint density at radius 2 is 2.06 bits per heavy atom. The van der Waals surface area contributed by atoms with E-state index in [-0.39, 0.29) is 18.1 Å². The number of piperazine rings is 1. The zero-order valence-corrected chi connectivity index (χ0v) is 9.92. The zero-order chi connectivity index (χ0) is 11.4. The molecule has 0 radical (unpaired) electrons.